The van der Waals surface area contributed by atoms with Crippen LogP contribution in [0.5, 0.6) is 0 Å². The number of carbonyl (C=O) groups is 2. The number of halogens is 5. The van der Waals surface area contributed by atoms with Crippen molar-refractivity contribution in [2.75, 3.05) is 6.54 Å². The summed E-state index contributed by atoms with van der Waals surface area (Å²) in [5.74, 6) is -3.93. The van der Waals surface area contributed by atoms with Crippen LogP contribution in [0.2, 0.25) is 0 Å². The first-order valence-corrected chi connectivity index (χ1v) is 9.73. The van der Waals surface area contributed by atoms with Crippen molar-refractivity contribution in [3.8, 4) is 0 Å². The standard InChI is InChI=1S/C19H19F2N3O.C2HF3O2/c20-14-7-13(8-15(21)9-14)11-24-17-4-6-23(18(17)10-19(24)25)12-16-3-1-2-5-22-16;3-2(4,5)1(6)7/h1-3,5,7-9,17-18H,4,6,10-12H2;(H,6,7)/t17-,18-;/m0./s1. The maximum Gasteiger partial charge on any atom is 0.490 e. The van der Waals surface area contributed by atoms with Gasteiger partial charge in [-0.15, -0.1) is 0 Å². The topological polar surface area (TPSA) is 73.7 Å². The molecule has 1 aromatic heterocycles. The van der Waals surface area contributed by atoms with E-state index in [9.17, 15) is 26.7 Å². The smallest absolute Gasteiger partial charge is 0.475 e. The molecule has 2 aromatic rings. The summed E-state index contributed by atoms with van der Waals surface area (Å²) in [5.41, 5.74) is 1.48. The molecule has 3 heterocycles. The Kier molecular flexibility index (Phi) is 7.07. The van der Waals surface area contributed by atoms with E-state index < -0.39 is 23.8 Å². The molecule has 2 saturated heterocycles. The Morgan fingerprint density at radius 2 is 1.75 bits per heavy atom. The van der Waals surface area contributed by atoms with Crippen molar-refractivity contribution >= 4 is 11.9 Å². The number of amides is 1. The van der Waals surface area contributed by atoms with Gasteiger partial charge in [0, 0.05) is 50.4 Å². The highest BCUT2D eigenvalue weighted by atomic mass is 19.4. The summed E-state index contributed by atoms with van der Waals surface area (Å²) in [6, 6.07) is 9.51. The maximum atomic E-state index is 13.4. The van der Waals surface area contributed by atoms with Gasteiger partial charge in [-0.25, -0.2) is 13.6 Å². The Morgan fingerprint density at radius 3 is 2.31 bits per heavy atom. The summed E-state index contributed by atoms with van der Waals surface area (Å²) >= 11 is 0. The Morgan fingerprint density at radius 1 is 1.09 bits per heavy atom. The summed E-state index contributed by atoms with van der Waals surface area (Å²) in [5, 5.41) is 7.12. The van der Waals surface area contributed by atoms with Gasteiger partial charge in [0.15, 0.2) is 0 Å². The molecule has 2 fully saturated rings. The lowest BCUT2D eigenvalue weighted by molar-refractivity contribution is -0.192. The molecule has 11 heteroatoms. The van der Waals surface area contributed by atoms with Crippen LogP contribution in [-0.2, 0) is 22.7 Å². The van der Waals surface area contributed by atoms with Crippen LogP contribution in [-0.4, -0.2) is 56.6 Å². The Labute approximate surface area is 180 Å². The van der Waals surface area contributed by atoms with Gasteiger partial charge in [-0.05, 0) is 36.2 Å². The quantitative estimate of drug-likeness (QED) is 0.713. The Bertz CT molecular complexity index is 951. The Balaban J connectivity index is 0.000000360. The average molecular weight is 457 g/mol. The third kappa shape index (κ3) is 5.78. The molecule has 2 atom stereocenters. The van der Waals surface area contributed by atoms with Crippen LogP contribution in [0.15, 0.2) is 42.6 Å². The molecular formula is C21H20F5N3O3. The SMILES string of the molecule is O=C(O)C(F)(F)F.O=C1C[C@H]2[C@H](CCN2Cc2ccccn2)N1Cc1cc(F)cc(F)c1. The van der Waals surface area contributed by atoms with Crippen LogP contribution in [0.25, 0.3) is 0 Å². The van der Waals surface area contributed by atoms with E-state index >= 15 is 0 Å². The number of likely N-dealkylation sites (tertiary alicyclic amines) is 2. The van der Waals surface area contributed by atoms with Gasteiger partial charge in [0.25, 0.3) is 0 Å². The number of aliphatic carboxylic acids is 1. The van der Waals surface area contributed by atoms with E-state index in [1.807, 2.05) is 18.2 Å². The van der Waals surface area contributed by atoms with Crippen LogP contribution in [0.3, 0.4) is 0 Å². The molecule has 0 saturated carbocycles. The highest BCUT2D eigenvalue weighted by Crippen LogP contribution is 2.34. The summed E-state index contributed by atoms with van der Waals surface area (Å²) in [6.07, 6.45) is -1.98. The molecule has 1 N–H and O–H groups in total. The summed E-state index contributed by atoms with van der Waals surface area (Å²) in [7, 11) is 0. The van der Waals surface area contributed by atoms with Crippen LogP contribution in [0, 0.1) is 11.6 Å². The van der Waals surface area contributed by atoms with Crippen molar-refractivity contribution in [3.05, 3.63) is 65.5 Å². The fourth-order valence-electron chi connectivity index (χ4n) is 4.01. The molecular weight excluding hydrogens is 437 g/mol. The normalized spacial score (nSPS) is 20.7. The third-order valence-corrected chi connectivity index (χ3v) is 5.34. The largest absolute Gasteiger partial charge is 0.490 e. The molecule has 0 radical (unpaired) electrons. The number of hydrogen-bond donors (Lipinski definition) is 1. The molecule has 32 heavy (non-hydrogen) atoms. The molecule has 2 aliphatic rings. The highest BCUT2D eigenvalue weighted by molar-refractivity contribution is 5.80. The highest BCUT2D eigenvalue weighted by Gasteiger charge is 2.46. The van der Waals surface area contributed by atoms with Crippen molar-refractivity contribution in [2.45, 2.75) is 44.2 Å². The van der Waals surface area contributed by atoms with Gasteiger partial charge < -0.3 is 10.0 Å². The number of carboxylic acid groups (broad SMARTS) is 1. The number of carbonyl (C=O) groups excluding carboxylic acids is 1. The van der Waals surface area contributed by atoms with E-state index in [0.29, 0.717) is 12.0 Å². The summed E-state index contributed by atoms with van der Waals surface area (Å²) in [6.45, 7) is 1.87. The maximum absolute atomic E-state index is 13.4. The van der Waals surface area contributed by atoms with Gasteiger partial charge in [-0.3, -0.25) is 14.7 Å². The predicted molar refractivity (Wildman–Crippen MR) is 102 cm³/mol. The van der Waals surface area contributed by atoms with Crippen molar-refractivity contribution in [1.29, 1.82) is 0 Å². The first-order valence-electron chi connectivity index (χ1n) is 9.73. The van der Waals surface area contributed by atoms with E-state index in [0.717, 1.165) is 31.3 Å². The second kappa shape index (κ2) is 9.60. The van der Waals surface area contributed by atoms with E-state index in [2.05, 4.69) is 9.88 Å². The van der Waals surface area contributed by atoms with Crippen LogP contribution in [0.4, 0.5) is 22.0 Å². The minimum atomic E-state index is -5.08. The molecule has 1 aromatic carbocycles. The van der Waals surface area contributed by atoms with E-state index in [-0.39, 0.29) is 24.5 Å². The van der Waals surface area contributed by atoms with Gasteiger partial charge in [-0.1, -0.05) is 6.07 Å². The number of fused-ring (bicyclic) bond motifs is 1. The fraction of sp³-hybridized carbons (Fsp3) is 0.381. The van der Waals surface area contributed by atoms with Crippen molar-refractivity contribution in [3.63, 3.8) is 0 Å². The number of alkyl halides is 3. The minimum Gasteiger partial charge on any atom is -0.475 e. The van der Waals surface area contributed by atoms with Gasteiger partial charge >= 0.3 is 12.1 Å². The number of hydrogen-bond acceptors (Lipinski definition) is 4. The lowest BCUT2D eigenvalue weighted by atomic mass is 10.1. The lowest BCUT2D eigenvalue weighted by Gasteiger charge is -2.25. The molecule has 1 amide bonds. The zero-order chi connectivity index (χ0) is 23.5. The van der Waals surface area contributed by atoms with Gasteiger partial charge in [-0.2, -0.15) is 13.2 Å². The predicted octanol–water partition coefficient (Wildman–Crippen LogP) is 3.37. The van der Waals surface area contributed by atoms with Crippen molar-refractivity contribution in [1.82, 2.24) is 14.8 Å². The number of aromatic nitrogens is 1. The molecule has 172 valence electrons. The number of carboxylic acids is 1. The van der Waals surface area contributed by atoms with Crippen molar-refractivity contribution in [2.24, 2.45) is 0 Å². The first-order chi connectivity index (χ1) is 15.0. The molecule has 4 rings (SSSR count). The molecule has 6 nitrogen and oxygen atoms in total. The summed E-state index contributed by atoms with van der Waals surface area (Å²) < 4.78 is 58.6. The summed E-state index contributed by atoms with van der Waals surface area (Å²) in [4.78, 5) is 29.8. The number of nitrogens with zero attached hydrogens (tertiary/aromatic N) is 3. The number of pyridine rings is 1. The minimum absolute atomic E-state index is 0.0467. The number of benzene rings is 1. The first kappa shape index (κ1) is 23.6. The van der Waals surface area contributed by atoms with Crippen LogP contribution >= 0.6 is 0 Å². The lowest BCUT2D eigenvalue weighted by Crippen LogP contribution is -2.36. The monoisotopic (exact) mass is 457 g/mol. The van der Waals surface area contributed by atoms with Crippen molar-refractivity contribution < 1.29 is 36.6 Å². The molecule has 0 spiro atoms. The molecule has 0 aliphatic carbocycles. The second-order valence-electron chi connectivity index (χ2n) is 7.52. The van der Waals surface area contributed by atoms with E-state index in [4.69, 9.17) is 9.90 Å². The van der Waals surface area contributed by atoms with Gasteiger partial charge in [0.2, 0.25) is 5.91 Å². The molecule has 0 bridgehead atoms. The Hall–Kier alpha value is -3.08. The zero-order valence-electron chi connectivity index (χ0n) is 16.7. The number of rotatable bonds is 4. The van der Waals surface area contributed by atoms with Gasteiger partial charge in [0.05, 0.1) is 5.69 Å². The second-order valence-corrected chi connectivity index (χ2v) is 7.52. The third-order valence-electron chi connectivity index (χ3n) is 5.34. The fourth-order valence-corrected chi connectivity index (χ4v) is 4.01. The van der Waals surface area contributed by atoms with E-state index in [1.54, 1.807) is 11.1 Å². The van der Waals surface area contributed by atoms with E-state index in [1.165, 1.54) is 12.1 Å². The average Bonchev–Trinajstić information content (AvgIpc) is 3.21. The van der Waals surface area contributed by atoms with Crippen LogP contribution < -0.4 is 0 Å². The molecule has 0 unspecified atom stereocenters. The van der Waals surface area contributed by atoms with Gasteiger partial charge in [0.1, 0.15) is 11.6 Å². The zero-order valence-corrected chi connectivity index (χ0v) is 16.7. The molecule has 2 aliphatic heterocycles. The van der Waals surface area contributed by atoms with Crippen LogP contribution in [0.1, 0.15) is 24.1 Å².